The summed E-state index contributed by atoms with van der Waals surface area (Å²) in [6.07, 6.45) is -5.86. The maximum absolute atomic E-state index is 12.2. The first-order valence-corrected chi connectivity index (χ1v) is 6.67. The maximum atomic E-state index is 12.2. The third kappa shape index (κ3) is 3.49. The number of ketones is 1. The minimum Gasteiger partial charge on any atom is -0.338 e. The van der Waals surface area contributed by atoms with Crippen LogP contribution in [-0.4, -0.2) is 22.1 Å². The average Bonchev–Trinajstić information content (AvgIpc) is 2.82. The van der Waals surface area contributed by atoms with E-state index in [1.807, 2.05) is 13.8 Å². The molecule has 21 heavy (non-hydrogen) atoms. The highest BCUT2D eigenvalue weighted by molar-refractivity contribution is 9.10. The van der Waals surface area contributed by atoms with Crippen molar-refractivity contribution in [3.8, 4) is 11.4 Å². The molecule has 0 N–H and O–H groups in total. The van der Waals surface area contributed by atoms with Gasteiger partial charge in [0.1, 0.15) is 0 Å². The summed E-state index contributed by atoms with van der Waals surface area (Å²) in [6, 6.07) is 3.55. The van der Waals surface area contributed by atoms with Crippen LogP contribution in [0, 0.1) is 13.8 Å². The molecule has 2 aromatic rings. The summed E-state index contributed by atoms with van der Waals surface area (Å²) >= 11 is 3.41. The Hall–Kier alpha value is -1.70. The van der Waals surface area contributed by atoms with E-state index in [0.717, 1.165) is 15.6 Å². The van der Waals surface area contributed by atoms with E-state index in [1.54, 1.807) is 12.1 Å². The molecule has 0 amide bonds. The Morgan fingerprint density at radius 1 is 1.29 bits per heavy atom. The third-order valence-electron chi connectivity index (χ3n) is 2.79. The van der Waals surface area contributed by atoms with Crippen LogP contribution >= 0.6 is 15.9 Å². The molecule has 0 aliphatic heterocycles. The van der Waals surface area contributed by atoms with Gasteiger partial charge in [0.05, 0.1) is 6.42 Å². The molecule has 0 unspecified atom stereocenters. The minimum absolute atomic E-state index is 0.152. The molecule has 112 valence electrons. The predicted octanol–water partition coefficient (Wildman–Crippen LogP) is 3.79. The molecule has 8 heteroatoms. The van der Waals surface area contributed by atoms with Crippen LogP contribution in [0.4, 0.5) is 13.2 Å². The van der Waals surface area contributed by atoms with E-state index < -0.39 is 18.4 Å². The molecular formula is C13H10BrF3N2O2. The zero-order valence-electron chi connectivity index (χ0n) is 11.1. The van der Waals surface area contributed by atoms with E-state index in [9.17, 15) is 18.0 Å². The van der Waals surface area contributed by atoms with Gasteiger partial charge in [-0.15, -0.1) is 0 Å². The van der Waals surface area contributed by atoms with Crippen molar-refractivity contribution in [2.45, 2.75) is 26.4 Å². The highest BCUT2D eigenvalue weighted by Gasteiger charge is 2.39. The second-order valence-electron chi connectivity index (χ2n) is 4.53. The smallest absolute Gasteiger partial charge is 0.338 e. The number of aromatic nitrogens is 2. The van der Waals surface area contributed by atoms with Crippen LogP contribution in [0.2, 0.25) is 0 Å². The van der Waals surface area contributed by atoms with E-state index in [4.69, 9.17) is 4.52 Å². The minimum atomic E-state index is -4.90. The molecule has 0 radical (unpaired) electrons. The lowest BCUT2D eigenvalue weighted by Crippen LogP contribution is -2.24. The Morgan fingerprint density at radius 2 is 1.86 bits per heavy atom. The lowest BCUT2D eigenvalue weighted by Gasteiger charge is -2.04. The van der Waals surface area contributed by atoms with Gasteiger partial charge in [0, 0.05) is 10.0 Å². The number of carbonyl (C=O) groups excluding carboxylic acids is 1. The highest BCUT2D eigenvalue weighted by atomic mass is 79.9. The van der Waals surface area contributed by atoms with Crippen molar-refractivity contribution >= 4 is 21.7 Å². The average molecular weight is 363 g/mol. The van der Waals surface area contributed by atoms with Crippen LogP contribution in [0.1, 0.15) is 17.0 Å². The molecule has 2 rings (SSSR count). The number of Topliss-reactive ketones (excluding diaryl/α,β-unsaturated/α-hetero) is 1. The van der Waals surface area contributed by atoms with Gasteiger partial charge in [0.15, 0.2) is 0 Å². The number of halogens is 4. The lowest BCUT2D eigenvalue weighted by molar-refractivity contribution is -0.170. The SMILES string of the molecule is Cc1cc(-c2noc(CC(=O)C(F)(F)F)n2)cc(C)c1Br. The number of carbonyl (C=O) groups is 1. The molecule has 0 atom stereocenters. The molecule has 0 aliphatic rings. The van der Waals surface area contributed by atoms with Gasteiger partial charge < -0.3 is 4.52 Å². The second kappa shape index (κ2) is 5.59. The van der Waals surface area contributed by atoms with Crippen molar-refractivity contribution in [3.63, 3.8) is 0 Å². The summed E-state index contributed by atoms with van der Waals surface area (Å²) in [5.41, 5.74) is 2.48. The second-order valence-corrected chi connectivity index (χ2v) is 5.33. The molecule has 1 aromatic carbocycles. The van der Waals surface area contributed by atoms with E-state index in [0.29, 0.717) is 5.56 Å². The fourth-order valence-corrected chi connectivity index (χ4v) is 1.99. The Labute approximate surface area is 126 Å². The van der Waals surface area contributed by atoms with Gasteiger partial charge in [0.2, 0.25) is 17.5 Å². The van der Waals surface area contributed by atoms with Crippen molar-refractivity contribution < 1.29 is 22.5 Å². The van der Waals surface area contributed by atoms with Crippen LogP contribution in [0.5, 0.6) is 0 Å². The van der Waals surface area contributed by atoms with Crippen molar-refractivity contribution in [1.82, 2.24) is 10.1 Å². The highest BCUT2D eigenvalue weighted by Crippen LogP contribution is 2.27. The summed E-state index contributed by atoms with van der Waals surface area (Å²) in [6.45, 7) is 3.74. The molecule has 0 spiro atoms. The summed E-state index contributed by atoms with van der Waals surface area (Å²) in [5, 5.41) is 3.61. The van der Waals surface area contributed by atoms with Crippen LogP contribution in [0.15, 0.2) is 21.1 Å². The van der Waals surface area contributed by atoms with Crippen LogP contribution < -0.4 is 0 Å². The molecule has 1 heterocycles. The summed E-state index contributed by atoms with van der Waals surface area (Å²) in [7, 11) is 0. The van der Waals surface area contributed by atoms with Gasteiger partial charge in [-0.25, -0.2) is 0 Å². The van der Waals surface area contributed by atoms with Gasteiger partial charge in [-0.3, -0.25) is 4.79 Å². The number of alkyl halides is 3. The van der Waals surface area contributed by atoms with Crippen LogP contribution in [0.25, 0.3) is 11.4 Å². The summed E-state index contributed by atoms with van der Waals surface area (Å²) < 4.78 is 42.1. The molecule has 4 nitrogen and oxygen atoms in total. The van der Waals surface area contributed by atoms with E-state index in [-0.39, 0.29) is 11.7 Å². The monoisotopic (exact) mass is 362 g/mol. The van der Waals surface area contributed by atoms with Gasteiger partial charge in [-0.05, 0) is 37.1 Å². The molecule has 0 bridgehead atoms. The zero-order valence-corrected chi connectivity index (χ0v) is 12.7. The van der Waals surface area contributed by atoms with Gasteiger partial charge in [-0.1, -0.05) is 21.1 Å². The van der Waals surface area contributed by atoms with Crippen molar-refractivity contribution in [2.24, 2.45) is 0 Å². The Morgan fingerprint density at radius 3 is 2.38 bits per heavy atom. The molecule has 0 saturated carbocycles. The maximum Gasteiger partial charge on any atom is 0.450 e. The molecular weight excluding hydrogens is 353 g/mol. The molecule has 0 aliphatic carbocycles. The first kappa shape index (κ1) is 15.7. The van der Waals surface area contributed by atoms with E-state index in [2.05, 4.69) is 26.1 Å². The largest absolute Gasteiger partial charge is 0.450 e. The Kier molecular flexibility index (Phi) is 4.18. The van der Waals surface area contributed by atoms with Crippen LogP contribution in [-0.2, 0) is 11.2 Å². The predicted molar refractivity (Wildman–Crippen MR) is 71.7 cm³/mol. The van der Waals surface area contributed by atoms with Crippen molar-refractivity contribution in [1.29, 1.82) is 0 Å². The molecule has 0 fully saturated rings. The van der Waals surface area contributed by atoms with E-state index >= 15 is 0 Å². The number of benzene rings is 1. The number of nitrogens with zero attached hydrogens (tertiary/aromatic N) is 2. The summed E-state index contributed by atoms with van der Waals surface area (Å²) in [4.78, 5) is 14.7. The molecule has 1 aromatic heterocycles. The van der Waals surface area contributed by atoms with Gasteiger partial charge >= 0.3 is 6.18 Å². The Balaban J connectivity index is 2.26. The van der Waals surface area contributed by atoms with Gasteiger partial charge in [0.25, 0.3) is 0 Å². The van der Waals surface area contributed by atoms with E-state index in [1.165, 1.54) is 0 Å². The number of hydrogen-bond acceptors (Lipinski definition) is 4. The first-order valence-electron chi connectivity index (χ1n) is 5.88. The van der Waals surface area contributed by atoms with Gasteiger partial charge in [-0.2, -0.15) is 18.2 Å². The topological polar surface area (TPSA) is 56.0 Å². The fourth-order valence-electron chi connectivity index (χ4n) is 1.76. The normalized spacial score (nSPS) is 11.7. The van der Waals surface area contributed by atoms with Crippen molar-refractivity contribution in [2.75, 3.05) is 0 Å². The zero-order chi connectivity index (χ0) is 15.8. The number of rotatable bonds is 3. The third-order valence-corrected chi connectivity index (χ3v) is 4.04. The number of aryl methyl sites for hydroxylation is 2. The number of hydrogen-bond donors (Lipinski definition) is 0. The standard InChI is InChI=1S/C13H10BrF3N2O2/c1-6-3-8(4-7(2)11(6)14)12-18-10(21-19-12)5-9(20)13(15,16)17/h3-4H,5H2,1-2H3. The molecule has 0 saturated heterocycles. The summed E-state index contributed by atoms with van der Waals surface area (Å²) in [5.74, 6) is -2.12. The van der Waals surface area contributed by atoms with Crippen LogP contribution in [0.3, 0.4) is 0 Å². The lowest BCUT2D eigenvalue weighted by atomic mass is 10.1. The fraction of sp³-hybridized carbons (Fsp3) is 0.308. The Bertz CT molecular complexity index is 672. The first-order chi connectivity index (χ1) is 9.68. The van der Waals surface area contributed by atoms with Crippen molar-refractivity contribution in [3.05, 3.63) is 33.6 Å². The quantitative estimate of drug-likeness (QED) is 0.833.